The van der Waals surface area contributed by atoms with Crippen molar-refractivity contribution in [1.29, 1.82) is 0 Å². The van der Waals surface area contributed by atoms with Crippen molar-refractivity contribution in [1.82, 2.24) is 0 Å². The van der Waals surface area contributed by atoms with Gasteiger partial charge in [-0.15, -0.1) is 11.3 Å². The number of benzene rings is 3. The molecule has 3 aromatic carbocycles. The number of sulfone groups is 1. The molecular formula is C33H31NO6S2. The number of hydrogen-bond acceptors (Lipinski definition) is 7. The number of rotatable bonds is 8. The highest BCUT2D eigenvalue weighted by Gasteiger charge is 2.59. The third kappa shape index (κ3) is 4.41. The highest BCUT2D eigenvalue weighted by molar-refractivity contribution is 7.94. The first-order valence-corrected chi connectivity index (χ1v) is 16.7. The normalized spacial score (nSPS) is 19.6. The number of aliphatic carboxylic acids is 1. The number of thiophene rings is 1. The van der Waals surface area contributed by atoms with Crippen LogP contribution >= 0.6 is 11.3 Å². The monoisotopic (exact) mass is 601 g/mol. The van der Waals surface area contributed by atoms with Gasteiger partial charge in [0.1, 0.15) is 22.9 Å². The minimum absolute atomic E-state index is 0.0482. The lowest BCUT2D eigenvalue weighted by molar-refractivity contribution is -0.141. The number of ether oxygens (including phenoxy) is 1. The number of hydrogen-bond donors (Lipinski definition) is 1. The summed E-state index contributed by atoms with van der Waals surface area (Å²) in [6.07, 6.45) is 1.27. The molecule has 0 unspecified atom stereocenters. The fourth-order valence-corrected chi connectivity index (χ4v) is 9.52. The van der Waals surface area contributed by atoms with E-state index in [2.05, 4.69) is 53.6 Å². The molecule has 1 N–H and O–H groups in total. The minimum atomic E-state index is -2.92. The number of carboxylic acids is 1. The molecule has 42 heavy (non-hydrogen) atoms. The molecule has 2 saturated heterocycles. The second kappa shape index (κ2) is 9.67. The van der Waals surface area contributed by atoms with Gasteiger partial charge in [0.2, 0.25) is 0 Å². The van der Waals surface area contributed by atoms with Crippen LogP contribution in [0.1, 0.15) is 42.4 Å². The van der Waals surface area contributed by atoms with Gasteiger partial charge in [-0.05, 0) is 77.4 Å². The number of carbonyl (C=O) groups excluding carboxylic acids is 1. The largest absolute Gasteiger partial charge is 0.489 e. The fourth-order valence-electron chi connectivity index (χ4n) is 6.76. The maximum Gasteiger partial charge on any atom is 0.304 e. The van der Waals surface area contributed by atoms with Gasteiger partial charge in [-0.25, -0.2) is 8.42 Å². The van der Waals surface area contributed by atoms with Crippen LogP contribution in [0.15, 0.2) is 66.0 Å². The summed E-state index contributed by atoms with van der Waals surface area (Å²) in [6, 6.07) is 20.2. The molecule has 2 aliphatic heterocycles. The molecule has 3 aliphatic rings. The zero-order valence-corrected chi connectivity index (χ0v) is 24.9. The van der Waals surface area contributed by atoms with Crippen molar-refractivity contribution in [2.75, 3.05) is 23.7 Å². The molecule has 1 aromatic heterocycles. The molecule has 0 atom stereocenters. The molecular weight excluding hydrogens is 570 g/mol. The predicted molar refractivity (Wildman–Crippen MR) is 164 cm³/mol. The van der Waals surface area contributed by atoms with E-state index in [-0.39, 0.29) is 25.0 Å². The Labute approximate surface area is 248 Å². The summed E-state index contributed by atoms with van der Waals surface area (Å²) in [6.45, 7) is 3.67. The van der Waals surface area contributed by atoms with E-state index >= 15 is 0 Å². The molecule has 216 valence electrons. The van der Waals surface area contributed by atoms with Gasteiger partial charge in [0.15, 0.2) is 9.84 Å². The topological polar surface area (TPSA) is 101 Å². The first kappa shape index (κ1) is 27.2. The van der Waals surface area contributed by atoms with Crippen molar-refractivity contribution in [2.24, 2.45) is 0 Å². The molecule has 0 amide bonds. The van der Waals surface area contributed by atoms with Crippen LogP contribution in [-0.2, 0) is 31.4 Å². The van der Waals surface area contributed by atoms with Gasteiger partial charge in [-0.3, -0.25) is 9.59 Å². The summed E-state index contributed by atoms with van der Waals surface area (Å²) >= 11 is 1.71. The lowest BCUT2D eigenvalue weighted by Gasteiger charge is -2.55. The van der Waals surface area contributed by atoms with Crippen LogP contribution in [0.2, 0.25) is 0 Å². The Hall–Kier alpha value is -3.69. The predicted octanol–water partition coefficient (Wildman–Crippen LogP) is 5.91. The fraction of sp³-hybridized carbons (Fsp3) is 0.333. The van der Waals surface area contributed by atoms with Gasteiger partial charge >= 0.3 is 5.97 Å². The van der Waals surface area contributed by atoms with E-state index in [0.717, 1.165) is 34.4 Å². The Morgan fingerprint density at radius 1 is 1.02 bits per heavy atom. The molecule has 4 aromatic rings. The van der Waals surface area contributed by atoms with E-state index in [0.29, 0.717) is 31.2 Å². The van der Waals surface area contributed by atoms with Gasteiger partial charge in [0.25, 0.3) is 0 Å². The second-order valence-corrected chi connectivity index (χ2v) is 15.6. The second-order valence-electron chi connectivity index (χ2n) is 12.1. The zero-order valence-electron chi connectivity index (χ0n) is 23.3. The number of fused-ring (bicyclic) bond motifs is 1. The summed E-state index contributed by atoms with van der Waals surface area (Å²) in [5.41, 5.74) is 5.86. The molecule has 3 fully saturated rings. The number of ketones is 1. The van der Waals surface area contributed by atoms with Crippen LogP contribution in [0.3, 0.4) is 0 Å². The van der Waals surface area contributed by atoms with Gasteiger partial charge in [-0.1, -0.05) is 24.3 Å². The van der Waals surface area contributed by atoms with Crippen molar-refractivity contribution < 1.29 is 27.9 Å². The lowest BCUT2D eigenvalue weighted by atomic mass is 9.62. The van der Waals surface area contributed by atoms with E-state index in [1.807, 2.05) is 24.3 Å². The van der Waals surface area contributed by atoms with Gasteiger partial charge in [-0.2, -0.15) is 0 Å². The molecule has 1 spiro atoms. The number of aryl methyl sites for hydroxylation is 1. The zero-order chi connectivity index (χ0) is 29.3. The molecule has 1 aliphatic carbocycles. The van der Waals surface area contributed by atoms with Crippen LogP contribution in [0.5, 0.6) is 5.75 Å². The average Bonchev–Trinajstić information content (AvgIpc) is 3.33. The van der Waals surface area contributed by atoms with Crippen molar-refractivity contribution in [3.8, 4) is 16.9 Å². The summed E-state index contributed by atoms with van der Waals surface area (Å²) < 4.78 is 31.2. The van der Waals surface area contributed by atoms with Crippen molar-refractivity contribution >= 4 is 48.7 Å². The lowest BCUT2D eigenvalue weighted by Crippen LogP contribution is -2.72. The molecule has 1 saturated carbocycles. The van der Waals surface area contributed by atoms with Crippen molar-refractivity contribution in [2.45, 2.75) is 49.4 Å². The third-order valence-electron chi connectivity index (χ3n) is 9.38. The van der Waals surface area contributed by atoms with Crippen molar-refractivity contribution in [3.63, 3.8) is 0 Å². The smallest absolute Gasteiger partial charge is 0.304 e. The summed E-state index contributed by atoms with van der Waals surface area (Å²) in [7, 11) is -2.92. The highest BCUT2D eigenvalue weighted by atomic mass is 32.2. The Morgan fingerprint density at radius 2 is 1.79 bits per heavy atom. The Morgan fingerprint density at radius 3 is 2.40 bits per heavy atom. The SMILES string of the molecule is Cc1cc(N2CC3(CCS3(=O)=O)C2)ccc1-c1csc2ccc(COc3ccc(C4(CC(=O)O)CC(=O)C4)cc3)cc12. The molecule has 7 rings (SSSR count). The first-order chi connectivity index (χ1) is 20.1. The summed E-state index contributed by atoms with van der Waals surface area (Å²) in [4.78, 5) is 25.2. The highest BCUT2D eigenvalue weighted by Crippen LogP contribution is 2.46. The number of nitrogens with zero attached hydrogens (tertiary/aromatic N) is 1. The minimum Gasteiger partial charge on any atom is -0.489 e. The van der Waals surface area contributed by atoms with Gasteiger partial charge in [0, 0.05) is 52.7 Å². The van der Waals surface area contributed by atoms with Crippen LogP contribution in [0, 0.1) is 6.92 Å². The standard InChI is InChI=1S/C33H31NO6S2/c1-21-12-24(34-19-33(20-34)10-11-42(33,38)39)5-8-27(21)29-18-41-30-9-2-22(13-28(29)30)17-40-26-6-3-23(4-7-26)32(16-31(36)37)14-25(35)15-32/h2-9,12-13,18H,10-11,14-17,19-20H2,1H3,(H,36,37). The Kier molecular flexibility index (Phi) is 6.26. The molecule has 3 heterocycles. The van der Waals surface area contributed by atoms with E-state index in [1.165, 1.54) is 15.6 Å². The number of anilines is 1. The summed E-state index contributed by atoms with van der Waals surface area (Å²) in [5.74, 6) is 0.214. The molecule has 7 nitrogen and oxygen atoms in total. The number of Topliss-reactive ketones (excluding diaryl/α,β-unsaturated/α-hetero) is 1. The Balaban J connectivity index is 1.05. The van der Waals surface area contributed by atoms with Crippen LogP contribution in [0.25, 0.3) is 21.2 Å². The van der Waals surface area contributed by atoms with Gasteiger partial charge in [0.05, 0.1) is 12.2 Å². The molecule has 9 heteroatoms. The van der Waals surface area contributed by atoms with E-state index in [9.17, 15) is 23.1 Å². The van der Waals surface area contributed by atoms with E-state index in [4.69, 9.17) is 4.74 Å². The third-order valence-corrected chi connectivity index (χ3v) is 12.9. The van der Waals surface area contributed by atoms with E-state index in [1.54, 1.807) is 11.3 Å². The average molecular weight is 602 g/mol. The quantitative estimate of drug-likeness (QED) is 0.268. The van der Waals surface area contributed by atoms with Crippen LogP contribution in [0.4, 0.5) is 5.69 Å². The molecule has 0 radical (unpaired) electrons. The maximum atomic E-state index is 12.2. The number of carboxylic acid groups (broad SMARTS) is 1. The maximum absolute atomic E-state index is 12.2. The van der Waals surface area contributed by atoms with E-state index < -0.39 is 26.0 Å². The Bertz CT molecular complexity index is 1840. The number of carbonyl (C=O) groups is 2. The summed E-state index contributed by atoms with van der Waals surface area (Å²) in [5, 5.41) is 12.7. The first-order valence-electron chi connectivity index (χ1n) is 14.1. The van der Waals surface area contributed by atoms with Gasteiger partial charge < -0.3 is 14.7 Å². The molecule has 0 bridgehead atoms. The van der Waals surface area contributed by atoms with Crippen molar-refractivity contribution in [3.05, 3.63) is 82.7 Å². The van der Waals surface area contributed by atoms with Crippen LogP contribution in [-0.4, -0.2) is 48.9 Å². The van der Waals surface area contributed by atoms with Crippen LogP contribution < -0.4 is 9.64 Å².